The first-order valence-electron chi connectivity index (χ1n) is 8.66. The third kappa shape index (κ3) is 3.39. The Balaban J connectivity index is 1.81. The van der Waals surface area contributed by atoms with Crippen LogP contribution < -0.4 is 5.32 Å². The van der Waals surface area contributed by atoms with Crippen LogP contribution in [0.15, 0.2) is 65.8 Å². The van der Waals surface area contributed by atoms with Crippen molar-refractivity contribution in [3.05, 3.63) is 81.9 Å². The zero-order chi connectivity index (χ0) is 20.1. The molecule has 0 bridgehead atoms. The molecule has 1 N–H and O–H groups in total. The average molecular weight is 378 g/mol. The van der Waals surface area contributed by atoms with Crippen molar-refractivity contribution in [2.24, 2.45) is 5.10 Å². The van der Waals surface area contributed by atoms with E-state index in [4.69, 9.17) is 0 Å². The molecule has 1 aliphatic heterocycles. The van der Waals surface area contributed by atoms with Crippen LogP contribution in [0.25, 0.3) is 6.08 Å². The van der Waals surface area contributed by atoms with E-state index in [-0.39, 0.29) is 5.69 Å². The summed E-state index contributed by atoms with van der Waals surface area (Å²) in [7, 11) is 0. The number of rotatable bonds is 6. The summed E-state index contributed by atoms with van der Waals surface area (Å²) in [6.45, 7) is 1.81. The Morgan fingerprint density at radius 3 is 2.50 bits per heavy atom. The molecular weight excluding hydrogens is 360 g/mol. The molecule has 1 fully saturated rings. The van der Waals surface area contributed by atoms with Crippen molar-refractivity contribution in [3.8, 4) is 0 Å². The van der Waals surface area contributed by atoms with Gasteiger partial charge in [-0.1, -0.05) is 49.4 Å². The third-order valence-electron chi connectivity index (χ3n) is 4.54. The SMILES string of the molecule is CC[C@@]1(c2ccccc2)NC(=O)N(/N=C\C=C\c2ccccc2[N+](=O)[O-])C1=O. The van der Waals surface area contributed by atoms with Crippen molar-refractivity contribution in [1.82, 2.24) is 10.3 Å². The maximum Gasteiger partial charge on any atom is 0.346 e. The molecule has 2 aromatic rings. The summed E-state index contributed by atoms with van der Waals surface area (Å²) in [5, 5.41) is 18.5. The number of nitro benzene ring substituents is 1. The standard InChI is InChI=1S/C20H18N4O4/c1-2-20(16-11-4-3-5-12-16)18(25)23(19(26)22-20)21-14-8-10-15-9-6-7-13-17(15)24(27)28/h3-14H,2H2,1H3,(H,22,26)/b10-8+,21-14-/t20-/m0/s1. The predicted octanol–water partition coefficient (Wildman–Crippen LogP) is 3.45. The number of hydrazone groups is 1. The summed E-state index contributed by atoms with van der Waals surface area (Å²) in [5.74, 6) is -0.471. The lowest BCUT2D eigenvalue weighted by Crippen LogP contribution is -2.43. The van der Waals surface area contributed by atoms with Crippen LogP contribution in [0.5, 0.6) is 0 Å². The van der Waals surface area contributed by atoms with Crippen LogP contribution in [0, 0.1) is 10.1 Å². The molecule has 0 aromatic heterocycles. The topological polar surface area (TPSA) is 105 Å². The Morgan fingerprint density at radius 2 is 1.82 bits per heavy atom. The highest BCUT2D eigenvalue weighted by Gasteiger charge is 2.51. The van der Waals surface area contributed by atoms with Gasteiger partial charge in [0.15, 0.2) is 0 Å². The van der Waals surface area contributed by atoms with Gasteiger partial charge in [-0.15, -0.1) is 5.01 Å². The Morgan fingerprint density at radius 1 is 1.14 bits per heavy atom. The Hall–Kier alpha value is -3.81. The summed E-state index contributed by atoms with van der Waals surface area (Å²) < 4.78 is 0. The molecule has 3 amide bonds. The predicted molar refractivity (Wildman–Crippen MR) is 104 cm³/mol. The van der Waals surface area contributed by atoms with Gasteiger partial charge in [-0.3, -0.25) is 14.9 Å². The Labute approximate surface area is 161 Å². The van der Waals surface area contributed by atoms with Crippen molar-refractivity contribution in [2.45, 2.75) is 18.9 Å². The molecule has 3 rings (SSSR count). The van der Waals surface area contributed by atoms with Gasteiger partial charge in [0.05, 0.1) is 10.5 Å². The second-order valence-corrected chi connectivity index (χ2v) is 6.11. The Bertz CT molecular complexity index is 971. The second-order valence-electron chi connectivity index (χ2n) is 6.11. The minimum absolute atomic E-state index is 0.0452. The van der Waals surface area contributed by atoms with E-state index in [0.29, 0.717) is 17.5 Å². The fourth-order valence-electron chi connectivity index (χ4n) is 3.08. The number of benzene rings is 2. The zero-order valence-electron chi connectivity index (χ0n) is 15.1. The first-order chi connectivity index (χ1) is 13.5. The van der Waals surface area contributed by atoms with Gasteiger partial charge in [-0.05, 0) is 30.2 Å². The van der Waals surface area contributed by atoms with Gasteiger partial charge in [0.25, 0.3) is 11.6 Å². The average Bonchev–Trinajstić information content (AvgIpc) is 2.96. The number of amides is 3. The smallest absolute Gasteiger partial charge is 0.318 e. The van der Waals surface area contributed by atoms with Crippen LogP contribution >= 0.6 is 0 Å². The van der Waals surface area contributed by atoms with Crippen LogP contribution in [-0.2, 0) is 10.3 Å². The molecule has 1 heterocycles. The van der Waals surface area contributed by atoms with Gasteiger partial charge < -0.3 is 5.32 Å². The maximum absolute atomic E-state index is 12.9. The van der Waals surface area contributed by atoms with Gasteiger partial charge in [0.1, 0.15) is 5.54 Å². The van der Waals surface area contributed by atoms with Crippen molar-refractivity contribution < 1.29 is 14.5 Å². The summed E-state index contributed by atoms with van der Waals surface area (Å²) >= 11 is 0. The van der Waals surface area contributed by atoms with Crippen LogP contribution in [0.4, 0.5) is 10.5 Å². The highest BCUT2D eigenvalue weighted by atomic mass is 16.6. The lowest BCUT2D eigenvalue weighted by molar-refractivity contribution is -0.385. The highest BCUT2D eigenvalue weighted by molar-refractivity contribution is 6.07. The molecule has 2 aromatic carbocycles. The number of nitrogens with zero attached hydrogens (tertiary/aromatic N) is 3. The van der Waals surface area contributed by atoms with Gasteiger partial charge in [-0.25, -0.2) is 4.79 Å². The van der Waals surface area contributed by atoms with Crippen molar-refractivity contribution in [3.63, 3.8) is 0 Å². The first kappa shape index (κ1) is 19.0. The van der Waals surface area contributed by atoms with Gasteiger partial charge in [0.2, 0.25) is 0 Å². The number of hydrogen-bond donors (Lipinski definition) is 1. The number of imide groups is 1. The molecule has 0 spiro atoms. The van der Waals surface area contributed by atoms with E-state index in [1.807, 2.05) is 13.0 Å². The van der Waals surface area contributed by atoms with Gasteiger partial charge in [-0.2, -0.15) is 5.10 Å². The van der Waals surface area contributed by atoms with Crippen LogP contribution in [0.1, 0.15) is 24.5 Å². The number of allylic oxidation sites excluding steroid dienone is 1. The van der Waals surface area contributed by atoms with E-state index in [2.05, 4.69) is 10.4 Å². The second kappa shape index (κ2) is 7.83. The minimum atomic E-state index is -1.16. The number of hydrogen-bond acceptors (Lipinski definition) is 5. The van der Waals surface area contributed by atoms with E-state index < -0.39 is 22.4 Å². The molecule has 28 heavy (non-hydrogen) atoms. The van der Waals surface area contributed by atoms with Gasteiger partial charge >= 0.3 is 6.03 Å². The van der Waals surface area contributed by atoms with Crippen LogP contribution in [0.3, 0.4) is 0 Å². The van der Waals surface area contributed by atoms with Crippen LogP contribution in [0.2, 0.25) is 0 Å². The molecule has 0 aliphatic carbocycles. The number of urea groups is 1. The molecule has 8 nitrogen and oxygen atoms in total. The zero-order valence-corrected chi connectivity index (χ0v) is 15.1. The van der Waals surface area contributed by atoms with Gasteiger partial charge in [0, 0.05) is 12.3 Å². The Kier molecular flexibility index (Phi) is 5.30. The highest BCUT2D eigenvalue weighted by Crippen LogP contribution is 2.32. The number of carbonyl (C=O) groups excluding carboxylic acids is 2. The number of nitro groups is 1. The monoisotopic (exact) mass is 378 g/mol. The molecule has 1 saturated heterocycles. The first-order valence-corrected chi connectivity index (χ1v) is 8.66. The lowest BCUT2D eigenvalue weighted by Gasteiger charge is -2.24. The van der Waals surface area contributed by atoms with E-state index in [9.17, 15) is 19.7 Å². The molecule has 1 atom stereocenters. The van der Waals surface area contributed by atoms with E-state index in [1.165, 1.54) is 24.4 Å². The fourth-order valence-corrected chi connectivity index (χ4v) is 3.08. The van der Waals surface area contributed by atoms with Crippen LogP contribution in [-0.4, -0.2) is 28.1 Å². The van der Waals surface area contributed by atoms with Crippen molar-refractivity contribution in [2.75, 3.05) is 0 Å². The van der Waals surface area contributed by atoms with E-state index in [0.717, 1.165) is 5.01 Å². The maximum atomic E-state index is 12.9. The molecule has 142 valence electrons. The molecule has 0 unspecified atom stereocenters. The normalized spacial score (nSPS) is 19.5. The summed E-state index contributed by atoms with van der Waals surface area (Å²) in [5.41, 5.74) is -0.124. The lowest BCUT2D eigenvalue weighted by atomic mass is 9.87. The quantitative estimate of drug-likeness (QED) is 0.360. The van der Waals surface area contributed by atoms with E-state index >= 15 is 0 Å². The summed E-state index contributed by atoms with van der Waals surface area (Å²) in [4.78, 5) is 35.7. The number of carbonyl (C=O) groups is 2. The summed E-state index contributed by atoms with van der Waals surface area (Å²) in [6.07, 6.45) is 4.56. The third-order valence-corrected chi connectivity index (χ3v) is 4.54. The molecule has 0 saturated carbocycles. The fraction of sp³-hybridized carbons (Fsp3) is 0.150. The molecular formula is C20H18N4O4. The molecule has 1 aliphatic rings. The summed E-state index contributed by atoms with van der Waals surface area (Å²) in [6, 6.07) is 14.6. The minimum Gasteiger partial charge on any atom is -0.318 e. The number of para-hydroxylation sites is 1. The van der Waals surface area contributed by atoms with Crippen molar-refractivity contribution >= 4 is 29.9 Å². The largest absolute Gasteiger partial charge is 0.346 e. The van der Waals surface area contributed by atoms with Crippen molar-refractivity contribution in [1.29, 1.82) is 0 Å². The molecule has 8 heteroatoms. The van der Waals surface area contributed by atoms with E-state index in [1.54, 1.807) is 42.5 Å². The number of nitrogens with one attached hydrogen (secondary N) is 1. The molecule has 0 radical (unpaired) electrons.